The summed E-state index contributed by atoms with van der Waals surface area (Å²) in [6, 6.07) is 3.45. The first-order valence-electron chi connectivity index (χ1n) is 4.29. The van der Waals surface area contributed by atoms with E-state index in [1.165, 1.54) is 12.2 Å². The normalized spacial score (nSPS) is 10.4. The summed E-state index contributed by atoms with van der Waals surface area (Å²) in [6.45, 7) is 2.11. The minimum absolute atomic E-state index is 0.362. The first kappa shape index (κ1) is 10.2. The van der Waals surface area contributed by atoms with Gasteiger partial charge in [0.2, 0.25) is 0 Å². The lowest BCUT2D eigenvalue weighted by Crippen LogP contribution is -1.99. The van der Waals surface area contributed by atoms with Gasteiger partial charge in [-0.3, -0.25) is 4.98 Å². The molecule has 1 rings (SSSR count). The molecule has 0 aliphatic rings. The van der Waals surface area contributed by atoms with Crippen molar-refractivity contribution in [1.29, 1.82) is 0 Å². The largest absolute Gasteiger partial charge is 0.463 e. The third-order valence-corrected chi connectivity index (χ3v) is 1.54. The molecule has 0 saturated heterocycles. The molecule has 0 fully saturated rings. The molecule has 0 saturated carbocycles. The van der Waals surface area contributed by atoms with Crippen LogP contribution in [-0.4, -0.2) is 17.6 Å². The summed E-state index contributed by atoms with van der Waals surface area (Å²) >= 11 is 0. The highest BCUT2D eigenvalue weighted by atomic mass is 16.5. The summed E-state index contributed by atoms with van der Waals surface area (Å²) in [7, 11) is 0. The molecule has 1 aromatic rings. The van der Waals surface area contributed by atoms with Crippen molar-refractivity contribution in [2.75, 3.05) is 12.3 Å². The van der Waals surface area contributed by atoms with E-state index in [0.29, 0.717) is 18.0 Å². The van der Waals surface area contributed by atoms with Gasteiger partial charge in [0.05, 0.1) is 18.0 Å². The minimum atomic E-state index is -0.391. The third-order valence-electron chi connectivity index (χ3n) is 1.54. The quantitative estimate of drug-likeness (QED) is 0.578. The monoisotopic (exact) mass is 192 g/mol. The molecule has 0 unspecified atom stereocenters. The van der Waals surface area contributed by atoms with Gasteiger partial charge in [-0.05, 0) is 25.1 Å². The van der Waals surface area contributed by atoms with Gasteiger partial charge in [0.1, 0.15) is 0 Å². The fourth-order valence-electron chi connectivity index (χ4n) is 0.907. The summed E-state index contributed by atoms with van der Waals surface area (Å²) in [6.07, 6.45) is 4.46. The number of carbonyl (C=O) groups is 1. The molecule has 0 bridgehead atoms. The van der Waals surface area contributed by atoms with E-state index in [1.807, 2.05) is 0 Å². The van der Waals surface area contributed by atoms with E-state index in [-0.39, 0.29) is 0 Å². The molecule has 0 spiro atoms. The van der Waals surface area contributed by atoms with Crippen molar-refractivity contribution < 1.29 is 9.53 Å². The number of hydrogen-bond donors (Lipinski definition) is 1. The summed E-state index contributed by atoms with van der Waals surface area (Å²) in [4.78, 5) is 14.9. The average Bonchev–Trinajstić information content (AvgIpc) is 2.17. The SMILES string of the molecule is CCOC(=O)C=Cc1ncccc1N. The lowest BCUT2D eigenvalue weighted by Gasteiger charge is -1.97. The zero-order chi connectivity index (χ0) is 10.4. The van der Waals surface area contributed by atoms with Gasteiger partial charge in [-0.1, -0.05) is 0 Å². The van der Waals surface area contributed by atoms with Crippen LogP contribution < -0.4 is 5.73 Å². The Bertz CT molecular complexity index is 348. The number of esters is 1. The van der Waals surface area contributed by atoms with Gasteiger partial charge in [0.25, 0.3) is 0 Å². The molecule has 0 atom stereocenters. The van der Waals surface area contributed by atoms with E-state index >= 15 is 0 Å². The first-order chi connectivity index (χ1) is 6.74. The van der Waals surface area contributed by atoms with Gasteiger partial charge in [0, 0.05) is 12.3 Å². The molecule has 0 aliphatic carbocycles. The molecule has 0 aromatic carbocycles. The van der Waals surface area contributed by atoms with E-state index in [0.717, 1.165) is 0 Å². The Balaban J connectivity index is 2.69. The molecular weight excluding hydrogens is 180 g/mol. The number of nitrogens with two attached hydrogens (primary N) is 1. The second-order valence-corrected chi connectivity index (χ2v) is 2.56. The molecule has 0 aliphatic heterocycles. The number of aromatic nitrogens is 1. The maximum atomic E-state index is 11.0. The number of nitrogens with zero attached hydrogens (tertiary/aromatic N) is 1. The number of pyridine rings is 1. The van der Waals surface area contributed by atoms with Crippen LogP contribution in [0.1, 0.15) is 12.6 Å². The van der Waals surface area contributed by atoms with Gasteiger partial charge in [-0.25, -0.2) is 4.79 Å². The Labute approximate surface area is 82.4 Å². The second kappa shape index (κ2) is 5.01. The fraction of sp³-hybridized carbons (Fsp3) is 0.200. The molecule has 0 radical (unpaired) electrons. The van der Waals surface area contributed by atoms with Crippen molar-refractivity contribution in [2.24, 2.45) is 0 Å². The van der Waals surface area contributed by atoms with E-state index in [4.69, 9.17) is 10.5 Å². The summed E-state index contributed by atoms with van der Waals surface area (Å²) < 4.78 is 4.71. The van der Waals surface area contributed by atoms with Crippen LogP contribution in [0.15, 0.2) is 24.4 Å². The molecule has 2 N–H and O–H groups in total. The molecule has 1 heterocycles. The van der Waals surface area contributed by atoms with Crippen LogP contribution in [0, 0.1) is 0 Å². The molecule has 14 heavy (non-hydrogen) atoms. The van der Waals surface area contributed by atoms with Crippen molar-refractivity contribution in [3.05, 3.63) is 30.1 Å². The van der Waals surface area contributed by atoms with Crippen LogP contribution in [0.3, 0.4) is 0 Å². The number of nitrogen functional groups attached to an aromatic ring is 1. The van der Waals surface area contributed by atoms with Crippen LogP contribution in [0.2, 0.25) is 0 Å². The zero-order valence-electron chi connectivity index (χ0n) is 7.93. The summed E-state index contributed by atoms with van der Waals surface area (Å²) in [5.74, 6) is -0.391. The Morgan fingerprint density at radius 2 is 2.50 bits per heavy atom. The van der Waals surface area contributed by atoms with Crippen LogP contribution >= 0.6 is 0 Å². The average molecular weight is 192 g/mol. The topological polar surface area (TPSA) is 65.2 Å². The van der Waals surface area contributed by atoms with Crippen LogP contribution in [0.25, 0.3) is 6.08 Å². The Kier molecular flexibility index (Phi) is 3.67. The predicted molar refractivity (Wildman–Crippen MR) is 54.3 cm³/mol. The van der Waals surface area contributed by atoms with Crippen molar-refractivity contribution in [3.63, 3.8) is 0 Å². The number of ether oxygens (including phenoxy) is 1. The standard InChI is InChI=1S/C10H12N2O2/c1-2-14-10(13)6-5-9-8(11)4-3-7-12-9/h3-7H,2,11H2,1H3. The van der Waals surface area contributed by atoms with Crippen molar-refractivity contribution >= 4 is 17.7 Å². The lowest BCUT2D eigenvalue weighted by molar-refractivity contribution is -0.137. The van der Waals surface area contributed by atoms with Crippen LogP contribution in [0.5, 0.6) is 0 Å². The predicted octanol–water partition coefficient (Wildman–Crippen LogP) is 1.24. The van der Waals surface area contributed by atoms with E-state index in [9.17, 15) is 4.79 Å². The van der Waals surface area contributed by atoms with Gasteiger partial charge in [0.15, 0.2) is 0 Å². The fourth-order valence-corrected chi connectivity index (χ4v) is 0.907. The van der Waals surface area contributed by atoms with E-state index in [2.05, 4.69) is 4.98 Å². The highest BCUT2D eigenvalue weighted by Gasteiger charge is 1.96. The van der Waals surface area contributed by atoms with Crippen LogP contribution in [0.4, 0.5) is 5.69 Å². The summed E-state index contributed by atoms with van der Waals surface area (Å²) in [5, 5.41) is 0. The van der Waals surface area contributed by atoms with Gasteiger partial charge < -0.3 is 10.5 Å². The Morgan fingerprint density at radius 1 is 1.71 bits per heavy atom. The maximum absolute atomic E-state index is 11.0. The molecular formula is C10H12N2O2. The van der Waals surface area contributed by atoms with Crippen molar-refractivity contribution in [2.45, 2.75) is 6.92 Å². The second-order valence-electron chi connectivity index (χ2n) is 2.56. The third kappa shape index (κ3) is 2.90. The number of hydrogen-bond acceptors (Lipinski definition) is 4. The Hall–Kier alpha value is -1.84. The van der Waals surface area contributed by atoms with Crippen molar-refractivity contribution in [1.82, 2.24) is 4.98 Å². The van der Waals surface area contributed by atoms with Gasteiger partial charge in [-0.15, -0.1) is 0 Å². The van der Waals surface area contributed by atoms with E-state index < -0.39 is 5.97 Å². The molecule has 74 valence electrons. The first-order valence-corrected chi connectivity index (χ1v) is 4.29. The molecule has 1 aromatic heterocycles. The van der Waals surface area contributed by atoms with E-state index in [1.54, 1.807) is 25.3 Å². The number of anilines is 1. The number of rotatable bonds is 3. The van der Waals surface area contributed by atoms with Gasteiger partial charge in [-0.2, -0.15) is 0 Å². The van der Waals surface area contributed by atoms with Crippen LogP contribution in [-0.2, 0) is 9.53 Å². The van der Waals surface area contributed by atoms with Gasteiger partial charge >= 0.3 is 5.97 Å². The Morgan fingerprint density at radius 3 is 3.14 bits per heavy atom. The number of carbonyl (C=O) groups excluding carboxylic acids is 1. The molecule has 0 amide bonds. The molecule has 4 heteroatoms. The zero-order valence-corrected chi connectivity index (χ0v) is 7.93. The highest BCUT2D eigenvalue weighted by Crippen LogP contribution is 2.08. The molecule has 4 nitrogen and oxygen atoms in total. The van der Waals surface area contributed by atoms with Crippen molar-refractivity contribution in [3.8, 4) is 0 Å². The lowest BCUT2D eigenvalue weighted by atomic mass is 10.3. The summed E-state index contributed by atoms with van der Waals surface area (Å²) in [5.41, 5.74) is 6.72. The minimum Gasteiger partial charge on any atom is -0.463 e. The highest BCUT2D eigenvalue weighted by molar-refractivity contribution is 5.87. The maximum Gasteiger partial charge on any atom is 0.330 e. The smallest absolute Gasteiger partial charge is 0.330 e.